The Bertz CT molecular complexity index is 502. The molecule has 2 aromatic rings. The summed E-state index contributed by atoms with van der Waals surface area (Å²) in [4.78, 5) is 4.62. The van der Waals surface area contributed by atoms with E-state index in [1.54, 1.807) is 0 Å². The Morgan fingerprint density at radius 1 is 1.22 bits per heavy atom. The summed E-state index contributed by atoms with van der Waals surface area (Å²) in [5.74, 6) is 0.596. The number of hydrogen-bond donors (Lipinski definition) is 1. The monoisotopic (exact) mass is 242 g/mol. The Balaban J connectivity index is 2.44. The van der Waals surface area contributed by atoms with Gasteiger partial charge in [-0.3, -0.25) is 4.98 Å². The highest BCUT2D eigenvalue weighted by molar-refractivity contribution is 5.84. The lowest BCUT2D eigenvalue weighted by Gasteiger charge is -2.24. The lowest BCUT2D eigenvalue weighted by molar-refractivity contribution is 0.379. The molecule has 1 heterocycles. The van der Waals surface area contributed by atoms with Crippen LogP contribution in [0.1, 0.15) is 38.4 Å². The third-order valence-electron chi connectivity index (χ3n) is 3.62. The first-order valence-electron chi connectivity index (χ1n) is 6.78. The van der Waals surface area contributed by atoms with E-state index in [0.717, 1.165) is 0 Å². The normalized spacial score (nSPS) is 14.6. The minimum Gasteiger partial charge on any atom is -0.311 e. The molecule has 0 saturated carbocycles. The molecular weight excluding hydrogens is 220 g/mol. The van der Waals surface area contributed by atoms with Gasteiger partial charge in [0.15, 0.2) is 0 Å². The predicted molar refractivity (Wildman–Crippen MR) is 77.6 cm³/mol. The van der Waals surface area contributed by atoms with Crippen LogP contribution in [0, 0.1) is 5.92 Å². The maximum Gasteiger partial charge on any atom is 0.0653 e. The molecule has 0 aliphatic rings. The molecular formula is C16H22N2. The number of pyridine rings is 1. The molecule has 0 radical (unpaired) electrons. The van der Waals surface area contributed by atoms with Crippen molar-refractivity contribution in [1.82, 2.24) is 10.3 Å². The summed E-state index contributed by atoms with van der Waals surface area (Å²) < 4.78 is 0. The molecule has 0 bridgehead atoms. The van der Waals surface area contributed by atoms with Crippen molar-refractivity contribution in [1.29, 1.82) is 0 Å². The number of aromatic nitrogens is 1. The molecule has 0 saturated heterocycles. The lowest BCUT2D eigenvalue weighted by atomic mass is 9.92. The SMILES string of the molecule is CCCC(C)C(NC)c1nccc2ccccc12. The van der Waals surface area contributed by atoms with Crippen molar-refractivity contribution in [2.75, 3.05) is 7.05 Å². The highest BCUT2D eigenvalue weighted by Gasteiger charge is 2.19. The van der Waals surface area contributed by atoms with Crippen LogP contribution in [-0.4, -0.2) is 12.0 Å². The van der Waals surface area contributed by atoms with Gasteiger partial charge in [0.2, 0.25) is 0 Å². The molecule has 96 valence electrons. The van der Waals surface area contributed by atoms with Crippen molar-refractivity contribution < 1.29 is 0 Å². The molecule has 0 fully saturated rings. The van der Waals surface area contributed by atoms with E-state index in [4.69, 9.17) is 0 Å². The van der Waals surface area contributed by atoms with E-state index in [-0.39, 0.29) is 0 Å². The Kier molecular flexibility index (Phi) is 4.32. The first kappa shape index (κ1) is 13.0. The van der Waals surface area contributed by atoms with Crippen molar-refractivity contribution in [2.45, 2.75) is 32.7 Å². The standard InChI is InChI=1S/C16H22N2/c1-4-7-12(2)15(17-3)16-14-9-6-5-8-13(14)10-11-18-16/h5-6,8-12,15,17H,4,7H2,1-3H3. The van der Waals surface area contributed by atoms with E-state index in [0.29, 0.717) is 12.0 Å². The Morgan fingerprint density at radius 3 is 2.72 bits per heavy atom. The molecule has 0 amide bonds. The van der Waals surface area contributed by atoms with Gasteiger partial charge >= 0.3 is 0 Å². The van der Waals surface area contributed by atoms with Crippen LogP contribution in [0.2, 0.25) is 0 Å². The molecule has 0 spiro atoms. The molecule has 2 heteroatoms. The van der Waals surface area contributed by atoms with Crippen molar-refractivity contribution >= 4 is 10.8 Å². The molecule has 2 unspecified atom stereocenters. The second-order valence-corrected chi connectivity index (χ2v) is 4.95. The molecule has 2 rings (SSSR count). The summed E-state index contributed by atoms with van der Waals surface area (Å²) in [7, 11) is 2.03. The van der Waals surface area contributed by atoms with Crippen molar-refractivity contribution in [3.05, 3.63) is 42.2 Å². The highest BCUT2D eigenvalue weighted by Crippen LogP contribution is 2.28. The fraction of sp³-hybridized carbons (Fsp3) is 0.438. The van der Waals surface area contributed by atoms with Gasteiger partial charge in [0.25, 0.3) is 0 Å². The number of nitrogens with zero attached hydrogens (tertiary/aromatic N) is 1. The van der Waals surface area contributed by atoms with E-state index in [9.17, 15) is 0 Å². The average molecular weight is 242 g/mol. The Labute approximate surface area is 109 Å². The predicted octanol–water partition coefficient (Wildman–Crippen LogP) is 3.93. The van der Waals surface area contributed by atoms with Crippen LogP contribution in [0.3, 0.4) is 0 Å². The van der Waals surface area contributed by atoms with Gasteiger partial charge < -0.3 is 5.32 Å². The zero-order chi connectivity index (χ0) is 13.0. The Morgan fingerprint density at radius 2 is 2.00 bits per heavy atom. The molecule has 18 heavy (non-hydrogen) atoms. The van der Waals surface area contributed by atoms with Gasteiger partial charge in [0, 0.05) is 11.6 Å². The molecule has 1 N–H and O–H groups in total. The van der Waals surface area contributed by atoms with Gasteiger partial charge in [-0.1, -0.05) is 44.5 Å². The van der Waals surface area contributed by atoms with Crippen molar-refractivity contribution in [3.63, 3.8) is 0 Å². The molecule has 2 atom stereocenters. The van der Waals surface area contributed by atoms with Crippen LogP contribution in [0.4, 0.5) is 0 Å². The van der Waals surface area contributed by atoms with E-state index in [2.05, 4.69) is 54.5 Å². The second-order valence-electron chi connectivity index (χ2n) is 4.95. The number of benzene rings is 1. The largest absolute Gasteiger partial charge is 0.311 e. The smallest absolute Gasteiger partial charge is 0.0653 e. The number of rotatable bonds is 5. The quantitative estimate of drug-likeness (QED) is 0.859. The molecule has 0 aliphatic heterocycles. The van der Waals surface area contributed by atoms with E-state index >= 15 is 0 Å². The summed E-state index contributed by atoms with van der Waals surface area (Å²) in [6, 6.07) is 10.9. The highest BCUT2D eigenvalue weighted by atomic mass is 14.9. The maximum atomic E-state index is 4.62. The van der Waals surface area contributed by atoms with Gasteiger partial charge in [-0.25, -0.2) is 0 Å². The zero-order valence-corrected chi connectivity index (χ0v) is 11.5. The fourth-order valence-corrected chi connectivity index (χ4v) is 2.70. The summed E-state index contributed by atoms with van der Waals surface area (Å²) in [6.07, 6.45) is 4.35. The topological polar surface area (TPSA) is 24.9 Å². The number of nitrogens with one attached hydrogen (secondary N) is 1. The molecule has 1 aromatic carbocycles. The average Bonchev–Trinajstić information content (AvgIpc) is 2.40. The van der Waals surface area contributed by atoms with E-state index in [1.165, 1.54) is 29.3 Å². The van der Waals surface area contributed by atoms with Crippen molar-refractivity contribution in [2.24, 2.45) is 5.92 Å². The summed E-state index contributed by atoms with van der Waals surface area (Å²) >= 11 is 0. The third-order valence-corrected chi connectivity index (χ3v) is 3.62. The van der Waals surface area contributed by atoms with Gasteiger partial charge in [0.1, 0.15) is 0 Å². The van der Waals surface area contributed by atoms with Gasteiger partial charge in [-0.15, -0.1) is 0 Å². The molecule has 0 aliphatic carbocycles. The van der Waals surface area contributed by atoms with Crippen LogP contribution in [-0.2, 0) is 0 Å². The van der Waals surface area contributed by atoms with Gasteiger partial charge in [-0.2, -0.15) is 0 Å². The van der Waals surface area contributed by atoms with E-state index in [1.807, 2.05) is 13.2 Å². The first-order valence-corrected chi connectivity index (χ1v) is 6.78. The van der Waals surface area contributed by atoms with Crippen LogP contribution in [0.5, 0.6) is 0 Å². The fourth-order valence-electron chi connectivity index (χ4n) is 2.70. The van der Waals surface area contributed by atoms with Crippen LogP contribution in [0.25, 0.3) is 10.8 Å². The molecule has 2 nitrogen and oxygen atoms in total. The van der Waals surface area contributed by atoms with Gasteiger partial charge in [0.05, 0.1) is 11.7 Å². The number of fused-ring (bicyclic) bond motifs is 1. The second kappa shape index (κ2) is 5.96. The third kappa shape index (κ3) is 2.54. The zero-order valence-electron chi connectivity index (χ0n) is 11.5. The summed E-state index contributed by atoms with van der Waals surface area (Å²) in [6.45, 7) is 4.54. The van der Waals surface area contributed by atoms with Crippen LogP contribution in [0.15, 0.2) is 36.5 Å². The van der Waals surface area contributed by atoms with Crippen molar-refractivity contribution in [3.8, 4) is 0 Å². The van der Waals surface area contributed by atoms with E-state index < -0.39 is 0 Å². The Hall–Kier alpha value is -1.41. The first-order chi connectivity index (χ1) is 8.77. The minimum absolute atomic E-state index is 0.330. The van der Waals surface area contributed by atoms with Crippen LogP contribution >= 0.6 is 0 Å². The summed E-state index contributed by atoms with van der Waals surface area (Å²) in [5, 5.41) is 5.97. The summed E-state index contributed by atoms with van der Waals surface area (Å²) in [5.41, 5.74) is 1.18. The lowest BCUT2D eigenvalue weighted by Crippen LogP contribution is -2.24. The van der Waals surface area contributed by atoms with Crippen LogP contribution < -0.4 is 5.32 Å². The maximum absolute atomic E-state index is 4.62. The minimum atomic E-state index is 0.330. The van der Waals surface area contributed by atoms with Gasteiger partial charge in [-0.05, 0) is 30.8 Å². The number of hydrogen-bond acceptors (Lipinski definition) is 2. The molecule has 1 aromatic heterocycles.